The van der Waals surface area contributed by atoms with Crippen LogP contribution in [0.15, 0.2) is 26.9 Å². The number of rotatable bonds is 4. The molecule has 0 aromatic carbocycles. The van der Waals surface area contributed by atoms with Crippen molar-refractivity contribution in [3.63, 3.8) is 0 Å². The Morgan fingerprint density at radius 2 is 2.26 bits per heavy atom. The number of nitrogens with zero attached hydrogens (tertiary/aromatic N) is 2. The lowest BCUT2D eigenvalue weighted by molar-refractivity contribution is 0.319. The third-order valence-electron chi connectivity index (χ3n) is 2.06. The maximum atomic E-state index is 12.0. The van der Waals surface area contributed by atoms with Crippen molar-refractivity contribution in [1.29, 1.82) is 0 Å². The molecule has 19 heavy (non-hydrogen) atoms. The van der Waals surface area contributed by atoms with E-state index in [-0.39, 0.29) is 9.34 Å². The van der Waals surface area contributed by atoms with Crippen molar-refractivity contribution in [2.75, 3.05) is 4.72 Å². The fourth-order valence-electron chi connectivity index (χ4n) is 1.15. The Morgan fingerprint density at radius 1 is 1.53 bits per heavy atom. The van der Waals surface area contributed by atoms with Gasteiger partial charge in [-0.3, -0.25) is 4.72 Å². The van der Waals surface area contributed by atoms with E-state index in [4.69, 9.17) is 16.8 Å². The predicted octanol–water partition coefficient (Wildman–Crippen LogP) is 2.86. The Kier molecular flexibility index (Phi) is 4.09. The topological polar surface area (TPSA) is 91.7 Å². The predicted molar refractivity (Wildman–Crippen MR) is 76.2 cm³/mol. The average molecular weight is 338 g/mol. The molecule has 2 N–H and O–H groups in total. The molecule has 6 nitrogen and oxygen atoms in total. The molecule has 0 atom stereocenters. The summed E-state index contributed by atoms with van der Waals surface area (Å²) >= 11 is 7.76. The molecule has 2 aromatic heterocycles. The zero-order valence-electron chi connectivity index (χ0n) is 9.49. The third kappa shape index (κ3) is 3.24. The van der Waals surface area contributed by atoms with Gasteiger partial charge in [0.15, 0.2) is 5.13 Å². The van der Waals surface area contributed by atoms with E-state index < -0.39 is 10.0 Å². The van der Waals surface area contributed by atoms with Gasteiger partial charge in [-0.1, -0.05) is 16.8 Å². The number of nitrogens with one attached hydrogen (secondary N) is 1. The van der Waals surface area contributed by atoms with E-state index in [2.05, 4.69) is 14.9 Å². The maximum absolute atomic E-state index is 12.0. The van der Waals surface area contributed by atoms with Crippen LogP contribution in [0.2, 0.25) is 4.34 Å². The van der Waals surface area contributed by atoms with Gasteiger partial charge in [0.2, 0.25) is 0 Å². The van der Waals surface area contributed by atoms with Gasteiger partial charge >= 0.3 is 0 Å². The summed E-state index contributed by atoms with van der Waals surface area (Å²) in [5.74, 6) is 0. The van der Waals surface area contributed by atoms with Crippen LogP contribution in [0.4, 0.5) is 5.13 Å². The molecule has 2 heterocycles. The summed E-state index contributed by atoms with van der Waals surface area (Å²) in [4.78, 5) is 4.01. The van der Waals surface area contributed by atoms with Gasteiger partial charge in [0.05, 0.1) is 4.34 Å². The van der Waals surface area contributed by atoms with Crippen LogP contribution in [0.3, 0.4) is 0 Å². The molecule has 10 heteroatoms. The van der Waals surface area contributed by atoms with Crippen LogP contribution in [0.1, 0.15) is 12.6 Å². The van der Waals surface area contributed by atoms with Gasteiger partial charge in [-0.25, -0.2) is 13.4 Å². The molecule has 0 unspecified atom stereocenters. The van der Waals surface area contributed by atoms with Crippen LogP contribution in [-0.2, 0) is 10.0 Å². The van der Waals surface area contributed by atoms with Gasteiger partial charge in [-0.05, 0) is 19.1 Å². The minimum Gasteiger partial charge on any atom is -0.411 e. The van der Waals surface area contributed by atoms with E-state index in [1.165, 1.54) is 12.1 Å². The van der Waals surface area contributed by atoms with Crippen molar-refractivity contribution >= 4 is 55.1 Å². The van der Waals surface area contributed by atoms with E-state index in [1.54, 1.807) is 12.3 Å². The van der Waals surface area contributed by atoms with Crippen LogP contribution < -0.4 is 4.72 Å². The van der Waals surface area contributed by atoms with Gasteiger partial charge in [0, 0.05) is 5.38 Å². The number of oxime groups is 1. The molecule has 0 radical (unpaired) electrons. The average Bonchev–Trinajstić information content (AvgIpc) is 2.97. The molecule has 2 aromatic rings. The summed E-state index contributed by atoms with van der Waals surface area (Å²) in [6.07, 6.45) is 0. The minimum absolute atomic E-state index is 0.113. The van der Waals surface area contributed by atoms with E-state index in [0.717, 1.165) is 22.7 Å². The largest absolute Gasteiger partial charge is 0.411 e. The molecule has 0 saturated carbocycles. The standard InChI is InChI=1S/C9H8ClN3O3S3/c1-5(12-14)6-4-17-9(11-6)13-19(15,16)8-3-2-7(10)18-8/h2-4,14H,1H3,(H,11,13). The zero-order valence-corrected chi connectivity index (χ0v) is 12.7. The number of hydrogen-bond donors (Lipinski definition) is 2. The highest BCUT2D eigenvalue weighted by Crippen LogP contribution is 2.28. The minimum atomic E-state index is -3.68. The quantitative estimate of drug-likeness (QED) is 0.510. The first-order valence-corrected chi connectivity index (χ1v) is 8.41. The van der Waals surface area contributed by atoms with Crippen LogP contribution in [0, 0.1) is 0 Å². The van der Waals surface area contributed by atoms with Gasteiger partial charge < -0.3 is 5.21 Å². The highest BCUT2D eigenvalue weighted by molar-refractivity contribution is 7.94. The summed E-state index contributed by atoms with van der Waals surface area (Å²) in [5.41, 5.74) is 0.718. The van der Waals surface area contributed by atoms with Crippen molar-refractivity contribution in [2.24, 2.45) is 5.16 Å². The molecule has 0 aliphatic heterocycles. The second-order valence-electron chi connectivity index (χ2n) is 3.39. The fourth-order valence-corrected chi connectivity index (χ4v) is 4.63. The highest BCUT2D eigenvalue weighted by Gasteiger charge is 2.18. The van der Waals surface area contributed by atoms with E-state index in [0.29, 0.717) is 15.7 Å². The van der Waals surface area contributed by atoms with Crippen molar-refractivity contribution in [3.05, 3.63) is 27.5 Å². The Bertz CT molecular complexity index is 720. The molecule has 0 saturated heterocycles. The highest BCUT2D eigenvalue weighted by atomic mass is 35.5. The number of sulfonamides is 1. The van der Waals surface area contributed by atoms with Crippen LogP contribution in [-0.4, -0.2) is 24.3 Å². The summed E-state index contributed by atoms with van der Waals surface area (Å²) in [6.45, 7) is 1.56. The van der Waals surface area contributed by atoms with Crippen molar-refractivity contribution < 1.29 is 13.6 Å². The third-order valence-corrected chi connectivity index (χ3v) is 6.01. The molecular formula is C9H8ClN3O3S3. The molecule has 0 aliphatic rings. The molecule has 0 spiro atoms. The molecule has 0 bridgehead atoms. The van der Waals surface area contributed by atoms with Gasteiger partial charge in [-0.15, -0.1) is 22.7 Å². The van der Waals surface area contributed by atoms with Crippen molar-refractivity contribution in [1.82, 2.24) is 4.98 Å². The Labute approximate surface area is 122 Å². The lowest BCUT2D eigenvalue weighted by Crippen LogP contribution is -2.11. The van der Waals surface area contributed by atoms with Crippen molar-refractivity contribution in [3.8, 4) is 0 Å². The Morgan fingerprint density at radius 3 is 2.84 bits per heavy atom. The SMILES string of the molecule is CC(=NO)c1csc(NS(=O)(=O)c2ccc(Cl)s2)n1. The second kappa shape index (κ2) is 5.45. The van der Waals surface area contributed by atoms with Crippen LogP contribution >= 0.6 is 34.3 Å². The number of hydrogen-bond acceptors (Lipinski definition) is 7. The fraction of sp³-hybridized carbons (Fsp3) is 0.111. The smallest absolute Gasteiger partial charge is 0.273 e. The number of thiazole rings is 1. The lowest BCUT2D eigenvalue weighted by Gasteiger charge is -2.01. The molecule has 0 amide bonds. The zero-order chi connectivity index (χ0) is 14.0. The summed E-state index contributed by atoms with van der Waals surface area (Å²) in [5, 5.41) is 13.4. The first-order chi connectivity index (χ1) is 8.92. The monoisotopic (exact) mass is 337 g/mol. The normalized spacial score (nSPS) is 12.6. The van der Waals surface area contributed by atoms with Gasteiger partial charge in [0.1, 0.15) is 15.6 Å². The molecule has 0 aliphatic carbocycles. The number of anilines is 1. The lowest BCUT2D eigenvalue weighted by atomic mass is 10.3. The van der Waals surface area contributed by atoms with E-state index >= 15 is 0 Å². The summed E-state index contributed by atoms with van der Waals surface area (Å²) < 4.78 is 26.8. The second-order valence-corrected chi connectivity index (χ2v) is 7.87. The summed E-state index contributed by atoms with van der Waals surface area (Å²) in [7, 11) is -3.68. The Hall–Kier alpha value is -1.16. The van der Waals surface area contributed by atoms with E-state index in [9.17, 15) is 8.42 Å². The maximum Gasteiger partial charge on any atom is 0.273 e. The number of aromatic nitrogens is 1. The first kappa shape index (κ1) is 14.3. The first-order valence-electron chi connectivity index (χ1n) is 4.85. The molecular weight excluding hydrogens is 330 g/mol. The number of halogens is 1. The Balaban J connectivity index is 2.24. The van der Waals surface area contributed by atoms with E-state index in [1.807, 2.05) is 0 Å². The van der Waals surface area contributed by atoms with Crippen molar-refractivity contribution in [2.45, 2.75) is 11.1 Å². The van der Waals surface area contributed by atoms with Gasteiger partial charge in [0.25, 0.3) is 10.0 Å². The van der Waals surface area contributed by atoms with Crippen LogP contribution in [0.25, 0.3) is 0 Å². The van der Waals surface area contributed by atoms with Gasteiger partial charge in [-0.2, -0.15) is 0 Å². The summed E-state index contributed by atoms with van der Waals surface area (Å²) in [6, 6.07) is 2.93. The molecule has 2 rings (SSSR count). The number of thiophene rings is 1. The molecule has 0 fully saturated rings. The van der Waals surface area contributed by atoms with Crippen LogP contribution in [0.5, 0.6) is 0 Å². The molecule has 102 valence electrons.